The van der Waals surface area contributed by atoms with E-state index in [-0.39, 0.29) is 5.91 Å². The van der Waals surface area contributed by atoms with Gasteiger partial charge in [-0.2, -0.15) is 0 Å². The van der Waals surface area contributed by atoms with E-state index in [0.29, 0.717) is 6.42 Å². The lowest BCUT2D eigenvalue weighted by molar-refractivity contribution is -0.118. The molecule has 2 N–H and O–H groups in total. The van der Waals surface area contributed by atoms with E-state index in [1.165, 1.54) is 5.56 Å². The van der Waals surface area contributed by atoms with Gasteiger partial charge in [-0.3, -0.25) is 9.78 Å². The van der Waals surface area contributed by atoms with Gasteiger partial charge in [-0.25, -0.2) is 0 Å². The van der Waals surface area contributed by atoms with Crippen molar-refractivity contribution in [3.05, 3.63) is 47.8 Å². The van der Waals surface area contributed by atoms with Crippen LogP contribution in [0, 0.1) is 0 Å². The molecule has 1 aromatic carbocycles. The fraction of sp³-hybridized carbons (Fsp3) is 0.333. The number of benzene rings is 1. The smallest absolute Gasteiger partial charge is 0.227 e. The van der Waals surface area contributed by atoms with Crippen molar-refractivity contribution in [2.75, 3.05) is 11.9 Å². The summed E-state index contributed by atoms with van der Waals surface area (Å²) in [6.07, 6.45) is 4.99. The fourth-order valence-electron chi connectivity index (χ4n) is 2.90. The van der Waals surface area contributed by atoms with Crippen LogP contribution in [0.4, 0.5) is 5.69 Å². The second-order valence-electron chi connectivity index (χ2n) is 6.45. The van der Waals surface area contributed by atoms with Gasteiger partial charge in [-0.05, 0) is 37.5 Å². The van der Waals surface area contributed by atoms with Crippen LogP contribution in [0.1, 0.15) is 31.4 Å². The van der Waals surface area contributed by atoms with Gasteiger partial charge in [0, 0.05) is 42.5 Å². The largest absolute Gasteiger partial charge is 0.322 e. The Bertz CT molecular complexity index is 731. The Hall–Kier alpha value is -2.20. The van der Waals surface area contributed by atoms with E-state index in [1.807, 2.05) is 39.2 Å². The van der Waals surface area contributed by atoms with Gasteiger partial charge >= 0.3 is 0 Å². The van der Waals surface area contributed by atoms with Crippen molar-refractivity contribution in [3.8, 4) is 11.1 Å². The highest BCUT2D eigenvalue weighted by Gasteiger charge is 2.24. The number of para-hydroxylation sites is 1. The zero-order chi connectivity index (χ0) is 15.9. The maximum Gasteiger partial charge on any atom is 0.227 e. The van der Waals surface area contributed by atoms with Crippen molar-refractivity contribution in [2.24, 2.45) is 5.73 Å². The first-order valence-electron chi connectivity index (χ1n) is 7.51. The average Bonchev–Trinajstić information content (AvgIpc) is 2.50. The van der Waals surface area contributed by atoms with Gasteiger partial charge in [-0.15, -0.1) is 0 Å². The van der Waals surface area contributed by atoms with Crippen LogP contribution >= 0.6 is 0 Å². The molecule has 3 rings (SSSR count). The summed E-state index contributed by atoms with van der Waals surface area (Å²) in [6, 6.07) is 8.23. The van der Waals surface area contributed by atoms with Crippen LogP contribution in [0.2, 0.25) is 0 Å². The lowest BCUT2D eigenvalue weighted by Gasteiger charge is -2.28. The van der Waals surface area contributed by atoms with E-state index >= 15 is 0 Å². The highest BCUT2D eigenvalue weighted by molar-refractivity contribution is 6.00. The predicted molar refractivity (Wildman–Crippen MR) is 88.6 cm³/mol. The molecule has 4 heteroatoms. The Kier molecular flexibility index (Phi) is 3.49. The number of carbonyl (C=O) groups is 1. The van der Waals surface area contributed by atoms with E-state index in [1.54, 1.807) is 11.1 Å². The Morgan fingerprint density at radius 2 is 2.00 bits per heavy atom. The molecular weight excluding hydrogens is 274 g/mol. The molecule has 0 saturated heterocycles. The van der Waals surface area contributed by atoms with Crippen molar-refractivity contribution in [1.29, 1.82) is 0 Å². The molecule has 0 radical (unpaired) electrons. The molecule has 0 bridgehead atoms. The van der Waals surface area contributed by atoms with Crippen LogP contribution in [0.5, 0.6) is 0 Å². The summed E-state index contributed by atoms with van der Waals surface area (Å²) in [6.45, 7) is 3.92. The van der Waals surface area contributed by atoms with Crippen LogP contribution < -0.4 is 10.6 Å². The number of fused-ring (bicyclic) bond motifs is 1. The molecule has 4 nitrogen and oxygen atoms in total. The molecule has 0 saturated carbocycles. The highest BCUT2D eigenvalue weighted by Crippen LogP contribution is 2.37. The van der Waals surface area contributed by atoms with Crippen LogP contribution in [0.25, 0.3) is 11.1 Å². The first kappa shape index (κ1) is 14.7. The van der Waals surface area contributed by atoms with Gasteiger partial charge in [0.25, 0.3) is 0 Å². The molecule has 1 amide bonds. The molecule has 0 atom stereocenters. The molecular formula is C18H21N3O. The lowest BCUT2D eigenvalue weighted by Crippen LogP contribution is -2.31. The molecule has 0 aliphatic carbocycles. The van der Waals surface area contributed by atoms with E-state index in [0.717, 1.165) is 28.8 Å². The summed E-state index contributed by atoms with van der Waals surface area (Å²) < 4.78 is 0. The number of hydrogen-bond donors (Lipinski definition) is 1. The van der Waals surface area contributed by atoms with Crippen LogP contribution in [-0.4, -0.2) is 17.9 Å². The number of amides is 1. The third kappa shape index (κ3) is 2.50. The number of pyridine rings is 1. The van der Waals surface area contributed by atoms with Gasteiger partial charge in [0.05, 0.1) is 5.69 Å². The lowest BCUT2D eigenvalue weighted by atomic mass is 9.91. The first-order chi connectivity index (χ1) is 10.4. The van der Waals surface area contributed by atoms with Gasteiger partial charge in [0.15, 0.2) is 0 Å². The maximum atomic E-state index is 12.1. The minimum absolute atomic E-state index is 0.156. The zero-order valence-corrected chi connectivity index (χ0v) is 13.3. The third-order valence-corrected chi connectivity index (χ3v) is 4.23. The molecule has 22 heavy (non-hydrogen) atoms. The maximum absolute atomic E-state index is 12.1. The molecule has 2 aromatic rings. The Labute approximate surface area is 131 Å². The van der Waals surface area contributed by atoms with Crippen molar-refractivity contribution < 1.29 is 4.79 Å². The molecule has 0 spiro atoms. The SMILES string of the molecule is CN1C(=O)CCc2cccc(-c3cncc(C(C)(C)N)c3)c21. The van der Waals surface area contributed by atoms with E-state index in [2.05, 4.69) is 17.1 Å². The van der Waals surface area contributed by atoms with Crippen molar-refractivity contribution in [2.45, 2.75) is 32.2 Å². The molecule has 114 valence electrons. The second-order valence-corrected chi connectivity index (χ2v) is 6.45. The summed E-state index contributed by atoms with van der Waals surface area (Å²) in [5, 5.41) is 0. The minimum Gasteiger partial charge on any atom is -0.322 e. The number of rotatable bonds is 2. The molecule has 1 aromatic heterocycles. The van der Waals surface area contributed by atoms with Gasteiger partial charge in [0.1, 0.15) is 0 Å². The number of aryl methyl sites for hydroxylation is 1. The standard InChI is InChI=1S/C18H21N3O/c1-18(2,19)14-9-13(10-20-11-14)15-6-4-5-12-7-8-16(22)21(3)17(12)15/h4-6,9-11H,7-8,19H2,1-3H3. The molecule has 0 unspecified atom stereocenters. The van der Waals surface area contributed by atoms with Crippen molar-refractivity contribution in [1.82, 2.24) is 4.98 Å². The monoisotopic (exact) mass is 295 g/mol. The Balaban J connectivity index is 2.16. The molecule has 1 aliphatic heterocycles. The Morgan fingerprint density at radius 1 is 1.23 bits per heavy atom. The van der Waals surface area contributed by atoms with Crippen molar-refractivity contribution >= 4 is 11.6 Å². The normalized spacial score (nSPS) is 14.9. The van der Waals surface area contributed by atoms with E-state index in [9.17, 15) is 4.79 Å². The van der Waals surface area contributed by atoms with Gasteiger partial charge < -0.3 is 10.6 Å². The quantitative estimate of drug-likeness (QED) is 0.926. The summed E-state index contributed by atoms with van der Waals surface area (Å²) >= 11 is 0. The number of nitrogens with zero attached hydrogens (tertiary/aromatic N) is 2. The van der Waals surface area contributed by atoms with Crippen LogP contribution in [-0.2, 0) is 16.8 Å². The first-order valence-corrected chi connectivity index (χ1v) is 7.51. The van der Waals surface area contributed by atoms with Gasteiger partial charge in [0.2, 0.25) is 5.91 Å². The summed E-state index contributed by atoms with van der Waals surface area (Å²) in [4.78, 5) is 18.2. The number of nitrogens with two attached hydrogens (primary N) is 1. The zero-order valence-electron chi connectivity index (χ0n) is 13.3. The number of anilines is 1. The highest BCUT2D eigenvalue weighted by atomic mass is 16.2. The van der Waals surface area contributed by atoms with Crippen LogP contribution in [0.15, 0.2) is 36.7 Å². The number of hydrogen-bond acceptors (Lipinski definition) is 3. The third-order valence-electron chi connectivity index (χ3n) is 4.23. The molecule has 2 heterocycles. The fourth-order valence-corrected chi connectivity index (χ4v) is 2.90. The summed E-state index contributed by atoms with van der Waals surface area (Å²) in [5.41, 5.74) is 10.9. The average molecular weight is 295 g/mol. The van der Waals surface area contributed by atoms with E-state index in [4.69, 9.17) is 5.73 Å². The molecule has 0 fully saturated rings. The number of carbonyl (C=O) groups excluding carboxylic acids is 1. The van der Waals surface area contributed by atoms with E-state index < -0.39 is 5.54 Å². The summed E-state index contributed by atoms with van der Waals surface area (Å²) in [7, 11) is 1.84. The molecule has 1 aliphatic rings. The predicted octanol–water partition coefficient (Wildman–Crippen LogP) is 2.85. The number of aromatic nitrogens is 1. The van der Waals surface area contributed by atoms with Gasteiger partial charge in [-0.1, -0.05) is 18.2 Å². The second kappa shape index (κ2) is 5.21. The minimum atomic E-state index is -0.445. The Morgan fingerprint density at radius 3 is 2.73 bits per heavy atom. The van der Waals surface area contributed by atoms with Crippen molar-refractivity contribution in [3.63, 3.8) is 0 Å². The van der Waals surface area contributed by atoms with Crippen LogP contribution in [0.3, 0.4) is 0 Å². The summed E-state index contributed by atoms with van der Waals surface area (Å²) in [5.74, 6) is 0.156. The topological polar surface area (TPSA) is 59.2 Å².